The van der Waals surface area contributed by atoms with Crippen LogP contribution >= 0.6 is 0 Å². The van der Waals surface area contributed by atoms with Crippen LogP contribution in [0.4, 0.5) is 25.0 Å². The number of hydrogen-bond donors (Lipinski definition) is 1. The van der Waals surface area contributed by atoms with E-state index in [1.165, 1.54) is 24.0 Å². The minimum absolute atomic E-state index is 0.181. The molecule has 1 aromatic rings. The third-order valence-corrected chi connectivity index (χ3v) is 3.87. The lowest BCUT2D eigenvalue weighted by Crippen LogP contribution is -2.48. The van der Waals surface area contributed by atoms with Crippen molar-refractivity contribution < 1.29 is 23.1 Å². The Balaban J connectivity index is 1.68. The van der Waals surface area contributed by atoms with Crippen molar-refractivity contribution in [3.8, 4) is 0 Å². The summed E-state index contributed by atoms with van der Waals surface area (Å²) < 4.78 is 32.2. The molecule has 2 heterocycles. The molecule has 2 aliphatic rings. The molecule has 0 bridgehead atoms. The zero-order chi connectivity index (χ0) is 16.6. The van der Waals surface area contributed by atoms with Crippen molar-refractivity contribution in [2.45, 2.75) is 19.2 Å². The lowest BCUT2D eigenvalue weighted by Gasteiger charge is -2.36. The number of nitrogens with zero attached hydrogens (tertiary/aromatic N) is 2. The minimum Gasteiger partial charge on any atom is -0.442 e. The standard InChI is InChI=1S/C15H17F2N3O3/c1-9(21)18-5-12-8-20(15(22)23-12)11-2-3-14(13(17)4-11)19-6-10(16)7-19/h2-4,10,12H,5-8H2,1H3,(H,18,21). The van der Waals surface area contributed by atoms with Crippen LogP contribution < -0.4 is 15.1 Å². The van der Waals surface area contributed by atoms with Gasteiger partial charge in [0.1, 0.15) is 18.1 Å². The predicted molar refractivity (Wildman–Crippen MR) is 79.8 cm³/mol. The normalized spacial score (nSPS) is 21.2. The molecular weight excluding hydrogens is 308 g/mol. The zero-order valence-electron chi connectivity index (χ0n) is 12.6. The van der Waals surface area contributed by atoms with Gasteiger partial charge in [-0.15, -0.1) is 0 Å². The summed E-state index contributed by atoms with van der Waals surface area (Å²) in [6.45, 7) is 2.18. The largest absolute Gasteiger partial charge is 0.442 e. The molecule has 2 amide bonds. The van der Waals surface area contributed by atoms with Gasteiger partial charge in [-0.1, -0.05) is 0 Å². The highest BCUT2D eigenvalue weighted by atomic mass is 19.1. The first-order valence-electron chi connectivity index (χ1n) is 7.35. The number of anilines is 2. The number of benzene rings is 1. The van der Waals surface area contributed by atoms with Crippen LogP contribution in [-0.4, -0.2) is 50.5 Å². The van der Waals surface area contributed by atoms with Gasteiger partial charge in [-0.05, 0) is 18.2 Å². The number of carbonyl (C=O) groups excluding carboxylic acids is 2. The summed E-state index contributed by atoms with van der Waals surface area (Å²) in [5.41, 5.74) is 0.698. The molecule has 0 aliphatic carbocycles. The zero-order valence-corrected chi connectivity index (χ0v) is 12.6. The Hall–Kier alpha value is -2.38. The van der Waals surface area contributed by atoms with Crippen LogP contribution in [0.1, 0.15) is 6.92 Å². The molecule has 2 aliphatic heterocycles. The van der Waals surface area contributed by atoms with Gasteiger partial charge in [0, 0.05) is 6.92 Å². The third-order valence-electron chi connectivity index (χ3n) is 3.87. The first-order chi connectivity index (χ1) is 10.9. The highest BCUT2D eigenvalue weighted by molar-refractivity contribution is 5.90. The summed E-state index contributed by atoms with van der Waals surface area (Å²) in [5.74, 6) is -0.719. The summed E-state index contributed by atoms with van der Waals surface area (Å²) in [7, 11) is 0. The molecule has 6 nitrogen and oxygen atoms in total. The number of hydrogen-bond acceptors (Lipinski definition) is 4. The fourth-order valence-corrected chi connectivity index (χ4v) is 2.64. The molecule has 23 heavy (non-hydrogen) atoms. The van der Waals surface area contributed by atoms with E-state index >= 15 is 0 Å². The van der Waals surface area contributed by atoms with Crippen molar-refractivity contribution in [2.24, 2.45) is 0 Å². The monoisotopic (exact) mass is 325 g/mol. The van der Waals surface area contributed by atoms with Crippen LogP contribution in [-0.2, 0) is 9.53 Å². The van der Waals surface area contributed by atoms with Crippen molar-refractivity contribution in [3.05, 3.63) is 24.0 Å². The highest BCUT2D eigenvalue weighted by Crippen LogP contribution is 2.30. The number of carbonyl (C=O) groups is 2. The van der Waals surface area contributed by atoms with E-state index in [4.69, 9.17) is 4.74 Å². The molecule has 0 aromatic heterocycles. The smallest absolute Gasteiger partial charge is 0.414 e. The predicted octanol–water partition coefficient (Wildman–Crippen LogP) is 1.45. The topological polar surface area (TPSA) is 61.9 Å². The Labute approximate surface area is 132 Å². The molecule has 0 radical (unpaired) electrons. The molecule has 0 saturated carbocycles. The Morgan fingerprint density at radius 3 is 2.74 bits per heavy atom. The summed E-state index contributed by atoms with van der Waals surface area (Å²) in [4.78, 5) is 25.7. The van der Waals surface area contributed by atoms with Gasteiger partial charge in [-0.2, -0.15) is 0 Å². The molecule has 2 fully saturated rings. The molecule has 1 N–H and O–H groups in total. The molecule has 3 rings (SSSR count). The Kier molecular flexibility index (Phi) is 4.06. The molecule has 0 spiro atoms. The van der Waals surface area contributed by atoms with Crippen LogP contribution in [0.25, 0.3) is 0 Å². The number of nitrogens with one attached hydrogen (secondary N) is 1. The van der Waals surface area contributed by atoms with E-state index in [-0.39, 0.29) is 32.1 Å². The van der Waals surface area contributed by atoms with E-state index in [1.807, 2.05) is 0 Å². The Bertz CT molecular complexity index is 634. The van der Waals surface area contributed by atoms with Gasteiger partial charge in [-0.3, -0.25) is 9.69 Å². The van der Waals surface area contributed by atoms with Crippen LogP contribution in [0.2, 0.25) is 0 Å². The van der Waals surface area contributed by atoms with E-state index in [9.17, 15) is 18.4 Å². The first-order valence-corrected chi connectivity index (χ1v) is 7.35. The van der Waals surface area contributed by atoms with Crippen molar-refractivity contribution in [2.75, 3.05) is 36.0 Å². The SMILES string of the molecule is CC(=O)NCC1CN(c2ccc(N3CC(F)C3)c(F)c2)C(=O)O1. The van der Waals surface area contributed by atoms with Crippen molar-refractivity contribution in [1.82, 2.24) is 5.32 Å². The number of halogens is 2. The van der Waals surface area contributed by atoms with Gasteiger partial charge < -0.3 is 15.0 Å². The van der Waals surface area contributed by atoms with Gasteiger partial charge in [0.2, 0.25) is 5.91 Å². The van der Waals surface area contributed by atoms with Gasteiger partial charge in [0.15, 0.2) is 0 Å². The van der Waals surface area contributed by atoms with Crippen molar-refractivity contribution >= 4 is 23.4 Å². The van der Waals surface area contributed by atoms with E-state index < -0.39 is 24.2 Å². The Morgan fingerprint density at radius 1 is 1.39 bits per heavy atom. The van der Waals surface area contributed by atoms with Crippen molar-refractivity contribution in [3.63, 3.8) is 0 Å². The van der Waals surface area contributed by atoms with E-state index in [1.54, 1.807) is 11.0 Å². The number of alkyl halides is 1. The first kappa shape index (κ1) is 15.5. The Morgan fingerprint density at radius 2 is 2.13 bits per heavy atom. The quantitative estimate of drug-likeness (QED) is 0.910. The lowest BCUT2D eigenvalue weighted by atomic mass is 10.1. The maximum atomic E-state index is 14.2. The third kappa shape index (κ3) is 3.20. The van der Waals surface area contributed by atoms with Crippen LogP contribution in [0.3, 0.4) is 0 Å². The molecule has 124 valence electrons. The number of cyclic esters (lactones) is 1. The second-order valence-electron chi connectivity index (χ2n) is 5.69. The molecule has 1 aromatic carbocycles. The van der Waals surface area contributed by atoms with Gasteiger partial charge in [0.25, 0.3) is 0 Å². The molecular formula is C15H17F2N3O3. The second kappa shape index (κ2) is 6.02. The maximum absolute atomic E-state index is 14.2. The summed E-state index contributed by atoms with van der Waals surface area (Å²) in [6.07, 6.45) is -1.98. The van der Waals surface area contributed by atoms with Gasteiger partial charge in [0.05, 0.1) is 37.6 Å². The molecule has 1 unspecified atom stereocenters. The molecule has 2 saturated heterocycles. The van der Waals surface area contributed by atoms with Crippen LogP contribution in [0.5, 0.6) is 0 Å². The summed E-state index contributed by atoms with van der Waals surface area (Å²) >= 11 is 0. The van der Waals surface area contributed by atoms with Gasteiger partial charge in [-0.25, -0.2) is 13.6 Å². The number of rotatable bonds is 4. The van der Waals surface area contributed by atoms with E-state index in [0.717, 1.165) is 0 Å². The molecule has 1 atom stereocenters. The van der Waals surface area contributed by atoms with Gasteiger partial charge >= 0.3 is 6.09 Å². The summed E-state index contributed by atoms with van der Waals surface area (Å²) in [5, 5.41) is 2.58. The maximum Gasteiger partial charge on any atom is 0.414 e. The fourth-order valence-electron chi connectivity index (χ4n) is 2.64. The van der Waals surface area contributed by atoms with Crippen LogP contribution in [0.15, 0.2) is 18.2 Å². The lowest BCUT2D eigenvalue weighted by molar-refractivity contribution is -0.119. The van der Waals surface area contributed by atoms with Crippen LogP contribution in [0, 0.1) is 5.82 Å². The van der Waals surface area contributed by atoms with E-state index in [0.29, 0.717) is 11.4 Å². The second-order valence-corrected chi connectivity index (χ2v) is 5.69. The highest BCUT2D eigenvalue weighted by Gasteiger charge is 2.33. The average Bonchev–Trinajstić information content (AvgIpc) is 2.83. The van der Waals surface area contributed by atoms with Crippen molar-refractivity contribution in [1.29, 1.82) is 0 Å². The summed E-state index contributed by atoms with van der Waals surface area (Å²) in [6, 6.07) is 4.37. The minimum atomic E-state index is -0.919. The number of ether oxygens (including phenoxy) is 1. The van der Waals surface area contributed by atoms with E-state index in [2.05, 4.69) is 5.32 Å². The fraction of sp³-hybridized carbons (Fsp3) is 0.467. The molecule has 8 heteroatoms. The average molecular weight is 325 g/mol. The number of amides is 2.